The van der Waals surface area contributed by atoms with Gasteiger partial charge in [-0.25, -0.2) is 4.98 Å². The first kappa shape index (κ1) is 15.1. The SMILES string of the molecule is COCc1nc([C@H]2CN(c3ccncc3C#N)C[C@@H]2C2CC2)n[nH]1. The van der Waals surface area contributed by atoms with Gasteiger partial charge in [0.05, 0.1) is 11.3 Å². The fourth-order valence-electron chi connectivity index (χ4n) is 3.73. The van der Waals surface area contributed by atoms with Crippen LogP contribution in [-0.2, 0) is 11.3 Å². The summed E-state index contributed by atoms with van der Waals surface area (Å²) in [5, 5.41) is 16.8. The minimum absolute atomic E-state index is 0.291. The number of rotatable bonds is 5. The van der Waals surface area contributed by atoms with E-state index >= 15 is 0 Å². The maximum Gasteiger partial charge on any atom is 0.156 e. The van der Waals surface area contributed by atoms with Crippen molar-refractivity contribution < 1.29 is 4.74 Å². The number of ether oxygens (including phenoxy) is 1. The summed E-state index contributed by atoms with van der Waals surface area (Å²) in [7, 11) is 1.65. The summed E-state index contributed by atoms with van der Waals surface area (Å²) in [6.45, 7) is 2.23. The first-order chi connectivity index (χ1) is 11.8. The van der Waals surface area contributed by atoms with Crippen LogP contribution in [0.4, 0.5) is 5.69 Å². The maximum absolute atomic E-state index is 9.35. The standard InChI is InChI=1S/C17H20N6O/c1-24-10-16-20-17(22-21-16)14-9-23(8-13(14)11-2-3-11)15-4-5-19-7-12(15)6-18/h4-5,7,11,13-14H,2-3,8-10H2,1H3,(H,20,21,22)/t13-,14+/m1/s1. The van der Waals surface area contributed by atoms with Gasteiger partial charge in [0.25, 0.3) is 0 Å². The Morgan fingerprint density at radius 3 is 3.04 bits per heavy atom. The third kappa shape index (κ3) is 2.74. The smallest absolute Gasteiger partial charge is 0.156 e. The fraction of sp³-hybridized carbons (Fsp3) is 0.529. The van der Waals surface area contributed by atoms with Crippen molar-refractivity contribution in [3.63, 3.8) is 0 Å². The molecule has 3 heterocycles. The van der Waals surface area contributed by atoms with Gasteiger partial charge in [-0.3, -0.25) is 10.1 Å². The number of pyridine rings is 1. The molecule has 1 N–H and O–H groups in total. The number of nitriles is 1. The Bertz CT molecular complexity index is 762. The van der Waals surface area contributed by atoms with Gasteiger partial charge in [0, 0.05) is 38.5 Å². The van der Waals surface area contributed by atoms with Crippen molar-refractivity contribution in [2.75, 3.05) is 25.1 Å². The molecule has 1 aliphatic carbocycles. The number of aromatic nitrogens is 4. The Hall–Kier alpha value is -2.46. The highest BCUT2D eigenvalue weighted by atomic mass is 16.5. The topological polar surface area (TPSA) is 90.7 Å². The molecule has 2 aromatic heterocycles. The first-order valence-electron chi connectivity index (χ1n) is 8.29. The molecular formula is C17H20N6O. The number of nitrogens with one attached hydrogen (secondary N) is 1. The van der Waals surface area contributed by atoms with Crippen LogP contribution < -0.4 is 4.90 Å². The molecule has 0 aromatic carbocycles. The number of hydrogen-bond acceptors (Lipinski definition) is 6. The second kappa shape index (κ2) is 6.21. The third-order valence-corrected chi connectivity index (χ3v) is 5.01. The number of H-pyrrole nitrogens is 1. The summed E-state index contributed by atoms with van der Waals surface area (Å²) in [6, 6.07) is 4.18. The summed E-state index contributed by atoms with van der Waals surface area (Å²) < 4.78 is 5.12. The lowest BCUT2D eigenvalue weighted by Gasteiger charge is -2.19. The largest absolute Gasteiger partial charge is 0.377 e. The van der Waals surface area contributed by atoms with Crippen molar-refractivity contribution in [2.45, 2.75) is 25.4 Å². The van der Waals surface area contributed by atoms with Crippen LogP contribution in [0.3, 0.4) is 0 Å². The molecule has 124 valence electrons. The van der Waals surface area contributed by atoms with Crippen LogP contribution in [0.25, 0.3) is 0 Å². The molecule has 1 saturated carbocycles. The number of hydrogen-bond donors (Lipinski definition) is 1. The zero-order valence-corrected chi connectivity index (χ0v) is 13.6. The van der Waals surface area contributed by atoms with Gasteiger partial charge in [-0.15, -0.1) is 0 Å². The highest BCUT2D eigenvalue weighted by Crippen LogP contribution is 2.48. The molecule has 0 bridgehead atoms. The van der Waals surface area contributed by atoms with Gasteiger partial charge in [-0.2, -0.15) is 10.4 Å². The van der Waals surface area contributed by atoms with Crippen molar-refractivity contribution >= 4 is 5.69 Å². The van der Waals surface area contributed by atoms with Gasteiger partial charge in [0.1, 0.15) is 12.7 Å². The molecule has 24 heavy (non-hydrogen) atoms. The Balaban J connectivity index is 1.61. The molecule has 7 heteroatoms. The zero-order chi connectivity index (χ0) is 16.5. The summed E-state index contributed by atoms with van der Waals surface area (Å²) >= 11 is 0. The van der Waals surface area contributed by atoms with Gasteiger partial charge >= 0.3 is 0 Å². The molecule has 0 amide bonds. The molecule has 2 aliphatic rings. The molecular weight excluding hydrogens is 304 g/mol. The van der Waals surface area contributed by atoms with E-state index in [9.17, 15) is 5.26 Å². The van der Waals surface area contributed by atoms with E-state index < -0.39 is 0 Å². The Morgan fingerprint density at radius 1 is 1.42 bits per heavy atom. The van der Waals surface area contributed by atoms with Crippen LogP contribution in [0.2, 0.25) is 0 Å². The first-order valence-corrected chi connectivity index (χ1v) is 8.29. The molecule has 2 aromatic rings. The monoisotopic (exact) mass is 324 g/mol. The van der Waals surface area contributed by atoms with E-state index in [0.29, 0.717) is 24.0 Å². The van der Waals surface area contributed by atoms with Crippen LogP contribution in [0, 0.1) is 23.2 Å². The maximum atomic E-state index is 9.35. The van der Waals surface area contributed by atoms with Crippen molar-refractivity contribution in [3.8, 4) is 6.07 Å². The van der Waals surface area contributed by atoms with E-state index in [1.807, 2.05) is 6.07 Å². The molecule has 7 nitrogen and oxygen atoms in total. The van der Waals surface area contributed by atoms with Gasteiger partial charge in [-0.1, -0.05) is 0 Å². The van der Waals surface area contributed by atoms with E-state index in [-0.39, 0.29) is 0 Å². The average molecular weight is 324 g/mol. The molecule has 0 unspecified atom stereocenters. The Morgan fingerprint density at radius 2 is 2.29 bits per heavy atom. The lowest BCUT2D eigenvalue weighted by Crippen LogP contribution is -2.21. The van der Waals surface area contributed by atoms with Crippen LogP contribution >= 0.6 is 0 Å². The molecule has 1 saturated heterocycles. The van der Waals surface area contributed by atoms with Crippen LogP contribution in [0.1, 0.15) is 36.0 Å². The predicted molar refractivity (Wildman–Crippen MR) is 87.2 cm³/mol. The summed E-state index contributed by atoms with van der Waals surface area (Å²) in [5.41, 5.74) is 1.59. The average Bonchev–Trinajstić information content (AvgIpc) is 3.19. The zero-order valence-electron chi connectivity index (χ0n) is 13.6. The van der Waals surface area contributed by atoms with Gasteiger partial charge < -0.3 is 9.64 Å². The lowest BCUT2D eigenvalue weighted by molar-refractivity contribution is 0.178. The number of anilines is 1. The van der Waals surface area contributed by atoms with Crippen LogP contribution in [0.15, 0.2) is 18.5 Å². The number of methoxy groups -OCH3 is 1. The van der Waals surface area contributed by atoms with Gasteiger partial charge in [0.15, 0.2) is 11.6 Å². The minimum Gasteiger partial charge on any atom is -0.377 e. The molecule has 0 radical (unpaired) electrons. The predicted octanol–water partition coefficient (Wildman–Crippen LogP) is 1.85. The van der Waals surface area contributed by atoms with Crippen molar-refractivity contribution in [1.29, 1.82) is 5.26 Å². The summed E-state index contributed by atoms with van der Waals surface area (Å²) in [5.74, 6) is 3.21. The fourth-order valence-corrected chi connectivity index (χ4v) is 3.73. The highest BCUT2D eigenvalue weighted by Gasteiger charge is 2.45. The molecule has 1 aliphatic heterocycles. The van der Waals surface area contributed by atoms with E-state index in [0.717, 1.165) is 36.3 Å². The lowest BCUT2D eigenvalue weighted by atomic mass is 9.91. The van der Waals surface area contributed by atoms with E-state index in [4.69, 9.17) is 4.74 Å². The molecule has 4 rings (SSSR count). The van der Waals surface area contributed by atoms with Crippen LogP contribution in [-0.4, -0.2) is 40.4 Å². The summed E-state index contributed by atoms with van der Waals surface area (Å²) in [4.78, 5) is 11.0. The minimum atomic E-state index is 0.291. The molecule has 2 fully saturated rings. The second-order valence-electron chi connectivity index (χ2n) is 6.59. The summed E-state index contributed by atoms with van der Waals surface area (Å²) in [6.07, 6.45) is 5.95. The second-order valence-corrected chi connectivity index (χ2v) is 6.59. The van der Waals surface area contributed by atoms with E-state index in [1.165, 1.54) is 12.8 Å². The Labute approximate surface area is 140 Å². The van der Waals surface area contributed by atoms with E-state index in [2.05, 4.69) is 31.1 Å². The highest BCUT2D eigenvalue weighted by molar-refractivity contribution is 5.59. The van der Waals surface area contributed by atoms with Crippen molar-refractivity contribution in [2.24, 2.45) is 11.8 Å². The molecule has 0 spiro atoms. The quantitative estimate of drug-likeness (QED) is 0.902. The molecule has 2 atom stereocenters. The normalized spacial score (nSPS) is 23.4. The Kier molecular flexibility index (Phi) is 3.90. The van der Waals surface area contributed by atoms with Gasteiger partial charge in [0.2, 0.25) is 0 Å². The number of nitrogens with zero attached hydrogens (tertiary/aromatic N) is 5. The van der Waals surface area contributed by atoms with Gasteiger partial charge in [-0.05, 0) is 30.7 Å². The number of aromatic amines is 1. The third-order valence-electron chi connectivity index (χ3n) is 5.01. The van der Waals surface area contributed by atoms with Crippen molar-refractivity contribution in [3.05, 3.63) is 35.7 Å². The van der Waals surface area contributed by atoms with E-state index in [1.54, 1.807) is 19.5 Å². The van der Waals surface area contributed by atoms with Crippen LogP contribution in [0.5, 0.6) is 0 Å². The van der Waals surface area contributed by atoms with Crippen molar-refractivity contribution in [1.82, 2.24) is 20.2 Å².